The Morgan fingerprint density at radius 3 is 2.63 bits per heavy atom. The molecular formula is C13H17BrF2N2O. The first-order valence-electron chi connectivity index (χ1n) is 6.23. The van der Waals surface area contributed by atoms with Gasteiger partial charge in [-0.2, -0.15) is 0 Å². The average molecular weight is 335 g/mol. The zero-order valence-corrected chi connectivity index (χ0v) is 12.0. The Labute approximate surface area is 119 Å². The molecule has 1 fully saturated rings. The molecule has 3 nitrogen and oxygen atoms in total. The monoisotopic (exact) mass is 334 g/mol. The Balaban J connectivity index is 2.33. The van der Waals surface area contributed by atoms with Gasteiger partial charge in [-0.1, -0.05) is 28.1 Å². The second-order valence-electron chi connectivity index (χ2n) is 4.66. The van der Waals surface area contributed by atoms with Crippen molar-refractivity contribution in [3.05, 3.63) is 34.3 Å². The molecule has 19 heavy (non-hydrogen) atoms. The molecule has 1 heterocycles. The maximum atomic E-state index is 14.1. The lowest BCUT2D eigenvalue weighted by Crippen LogP contribution is -2.51. The van der Waals surface area contributed by atoms with Crippen molar-refractivity contribution in [1.82, 2.24) is 10.2 Å². The summed E-state index contributed by atoms with van der Waals surface area (Å²) < 4.78 is 28.9. The van der Waals surface area contributed by atoms with Gasteiger partial charge in [0.1, 0.15) is 12.6 Å². The van der Waals surface area contributed by atoms with E-state index < -0.39 is 18.6 Å². The van der Waals surface area contributed by atoms with Gasteiger partial charge in [0.25, 0.3) is 5.92 Å². The highest BCUT2D eigenvalue weighted by molar-refractivity contribution is 9.10. The number of nitrogens with zero attached hydrogens (tertiary/aromatic N) is 1. The summed E-state index contributed by atoms with van der Waals surface area (Å²) >= 11 is 3.30. The first-order valence-corrected chi connectivity index (χ1v) is 7.03. The summed E-state index contributed by atoms with van der Waals surface area (Å²) in [6.45, 7) is 1.33. The number of hydrogen-bond acceptors (Lipinski definition) is 3. The topological polar surface area (TPSA) is 35.5 Å². The molecular weight excluding hydrogens is 318 g/mol. The second-order valence-corrected chi connectivity index (χ2v) is 5.58. The van der Waals surface area contributed by atoms with E-state index >= 15 is 0 Å². The lowest BCUT2D eigenvalue weighted by Gasteiger charge is -2.38. The van der Waals surface area contributed by atoms with E-state index in [0.29, 0.717) is 31.7 Å². The quantitative estimate of drug-likeness (QED) is 0.884. The van der Waals surface area contributed by atoms with Crippen molar-refractivity contribution >= 4 is 15.9 Å². The molecule has 6 heteroatoms. The minimum absolute atomic E-state index is 0.523. The molecule has 0 amide bonds. The number of rotatable bonds is 4. The molecule has 0 saturated carbocycles. The second kappa shape index (κ2) is 6.26. The molecule has 1 saturated heterocycles. The van der Waals surface area contributed by atoms with E-state index in [9.17, 15) is 8.78 Å². The van der Waals surface area contributed by atoms with Crippen molar-refractivity contribution in [2.75, 3.05) is 32.8 Å². The number of aliphatic hydroxyl groups is 1. The van der Waals surface area contributed by atoms with Crippen molar-refractivity contribution < 1.29 is 13.9 Å². The van der Waals surface area contributed by atoms with E-state index in [2.05, 4.69) is 21.2 Å². The van der Waals surface area contributed by atoms with Crippen LogP contribution in [0.4, 0.5) is 8.78 Å². The van der Waals surface area contributed by atoms with Gasteiger partial charge in [0.05, 0.1) is 0 Å². The third kappa shape index (κ3) is 3.51. The third-order valence-electron chi connectivity index (χ3n) is 3.29. The Hall–Kier alpha value is -0.560. The summed E-state index contributed by atoms with van der Waals surface area (Å²) in [7, 11) is 0. The summed E-state index contributed by atoms with van der Waals surface area (Å²) in [6.07, 6.45) is 0. The molecule has 1 aromatic carbocycles. The van der Waals surface area contributed by atoms with Gasteiger partial charge in [-0.3, -0.25) is 4.90 Å². The third-order valence-corrected chi connectivity index (χ3v) is 3.79. The average Bonchev–Trinajstić information content (AvgIpc) is 2.40. The minimum atomic E-state index is -3.15. The number of nitrogens with one attached hydrogen (secondary N) is 1. The summed E-state index contributed by atoms with van der Waals surface area (Å²) in [5.74, 6) is -3.15. The number of aliphatic hydroxyl groups excluding tert-OH is 1. The highest BCUT2D eigenvalue weighted by atomic mass is 79.9. The predicted molar refractivity (Wildman–Crippen MR) is 73.4 cm³/mol. The molecule has 1 aliphatic rings. The van der Waals surface area contributed by atoms with Gasteiger partial charge in [-0.25, -0.2) is 8.78 Å². The summed E-state index contributed by atoms with van der Waals surface area (Å²) in [5, 5.41) is 12.2. The SMILES string of the molecule is OCC(F)(F)[C@H](c1cccc(Br)c1)N1CCNCC1. The molecule has 1 aromatic rings. The molecule has 0 unspecified atom stereocenters. The van der Waals surface area contributed by atoms with Gasteiger partial charge in [-0.05, 0) is 17.7 Å². The number of alkyl halides is 2. The van der Waals surface area contributed by atoms with Gasteiger partial charge in [-0.15, -0.1) is 0 Å². The van der Waals surface area contributed by atoms with Gasteiger partial charge < -0.3 is 10.4 Å². The fourth-order valence-corrected chi connectivity index (χ4v) is 2.84. The fourth-order valence-electron chi connectivity index (χ4n) is 2.43. The molecule has 0 aromatic heterocycles. The molecule has 0 spiro atoms. The number of piperazine rings is 1. The molecule has 0 aliphatic carbocycles. The van der Waals surface area contributed by atoms with Gasteiger partial charge in [0.15, 0.2) is 0 Å². The van der Waals surface area contributed by atoms with E-state index in [1.165, 1.54) is 0 Å². The number of benzene rings is 1. The zero-order chi connectivity index (χ0) is 13.9. The van der Waals surface area contributed by atoms with Crippen LogP contribution >= 0.6 is 15.9 Å². The summed E-state index contributed by atoms with van der Waals surface area (Å²) in [6, 6.07) is 5.83. The zero-order valence-electron chi connectivity index (χ0n) is 10.5. The largest absolute Gasteiger partial charge is 0.390 e. The van der Waals surface area contributed by atoms with Crippen LogP contribution in [0.1, 0.15) is 11.6 Å². The highest BCUT2D eigenvalue weighted by Gasteiger charge is 2.43. The van der Waals surface area contributed by atoms with Crippen LogP contribution in [0.3, 0.4) is 0 Å². The van der Waals surface area contributed by atoms with Crippen LogP contribution in [0.15, 0.2) is 28.7 Å². The molecule has 0 radical (unpaired) electrons. The first kappa shape index (κ1) is 14.8. The Morgan fingerprint density at radius 2 is 2.05 bits per heavy atom. The minimum Gasteiger partial charge on any atom is -0.390 e. The van der Waals surface area contributed by atoms with Crippen LogP contribution in [0.5, 0.6) is 0 Å². The van der Waals surface area contributed by atoms with Crippen molar-refractivity contribution in [2.45, 2.75) is 12.0 Å². The van der Waals surface area contributed by atoms with Crippen molar-refractivity contribution in [3.63, 3.8) is 0 Å². The maximum Gasteiger partial charge on any atom is 0.289 e. The van der Waals surface area contributed by atoms with E-state index in [1.54, 1.807) is 29.2 Å². The fraction of sp³-hybridized carbons (Fsp3) is 0.538. The molecule has 2 rings (SSSR count). The van der Waals surface area contributed by atoms with Crippen LogP contribution in [0.2, 0.25) is 0 Å². The van der Waals surface area contributed by atoms with Crippen LogP contribution in [-0.4, -0.2) is 48.7 Å². The molecule has 106 valence electrons. The Kier molecular flexibility index (Phi) is 4.89. The van der Waals surface area contributed by atoms with Crippen LogP contribution in [-0.2, 0) is 0 Å². The van der Waals surface area contributed by atoms with Gasteiger partial charge >= 0.3 is 0 Å². The molecule has 1 aliphatic heterocycles. The van der Waals surface area contributed by atoms with E-state index in [0.717, 1.165) is 4.47 Å². The van der Waals surface area contributed by atoms with Gasteiger partial charge in [0, 0.05) is 30.7 Å². The van der Waals surface area contributed by atoms with Crippen LogP contribution in [0, 0.1) is 0 Å². The smallest absolute Gasteiger partial charge is 0.289 e. The van der Waals surface area contributed by atoms with Crippen molar-refractivity contribution in [2.24, 2.45) is 0 Å². The lowest BCUT2D eigenvalue weighted by atomic mass is 9.98. The van der Waals surface area contributed by atoms with Crippen molar-refractivity contribution in [1.29, 1.82) is 0 Å². The highest BCUT2D eigenvalue weighted by Crippen LogP contribution is 2.37. The normalized spacial score (nSPS) is 19.4. The number of halogens is 3. The van der Waals surface area contributed by atoms with E-state index in [-0.39, 0.29) is 0 Å². The summed E-state index contributed by atoms with van der Waals surface area (Å²) in [5.41, 5.74) is 0.523. The molecule has 1 atom stereocenters. The Bertz CT molecular complexity index is 425. The predicted octanol–water partition coefficient (Wildman–Crippen LogP) is 2.02. The number of hydrogen-bond donors (Lipinski definition) is 2. The Morgan fingerprint density at radius 1 is 1.37 bits per heavy atom. The van der Waals surface area contributed by atoms with Crippen LogP contribution in [0.25, 0.3) is 0 Å². The summed E-state index contributed by atoms with van der Waals surface area (Å²) in [4.78, 5) is 1.73. The van der Waals surface area contributed by atoms with Crippen LogP contribution < -0.4 is 5.32 Å². The molecule has 0 bridgehead atoms. The van der Waals surface area contributed by atoms with Gasteiger partial charge in [0.2, 0.25) is 0 Å². The van der Waals surface area contributed by atoms with Crippen molar-refractivity contribution in [3.8, 4) is 0 Å². The van der Waals surface area contributed by atoms with E-state index in [1.807, 2.05) is 0 Å². The standard InChI is InChI=1S/C13H17BrF2N2O/c14-11-3-1-2-10(8-11)12(13(15,16)9-19)18-6-4-17-5-7-18/h1-3,8,12,17,19H,4-7,9H2/t12-/m0/s1. The first-order chi connectivity index (χ1) is 9.04. The lowest BCUT2D eigenvalue weighted by molar-refractivity contribution is -0.118. The molecule has 2 N–H and O–H groups in total. The maximum absolute atomic E-state index is 14.1. The van der Waals surface area contributed by atoms with E-state index in [4.69, 9.17) is 5.11 Å².